The highest BCUT2D eigenvalue weighted by molar-refractivity contribution is 5.92. The SMILES string of the molecule is CC(C)[C@H](NC(=O)OC(C)(C)C)C(=O)N1CCCC1C(=O)NC1CC(=O)OC1OCc1ccccc1. The largest absolute Gasteiger partial charge is 0.444 e. The van der Waals surface area contributed by atoms with Crippen molar-refractivity contribution in [2.75, 3.05) is 6.54 Å². The first-order valence-corrected chi connectivity index (χ1v) is 12.4. The number of carbonyl (C=O) groups is 4. The summed E-state index contributed by atoms with van der Waals surface area (Å²) >= 11 is 0. The van der Waals surface area contributed by atoms with Gasteiger partial charge in [0, 0.05) is 6.54 Å². The molecule has 0 aromatic heterocycles. The Kier molecular flexibility index (Phi) is 8.94. The molecule has 0 radical (unpaired) electrons. The van der Waals surface area contributed by atoms with Gasteiger partial charge in [-0.3, -0.25) is 14.4 Å². The van der Waals surface area contributed by atoms with E-state index < -0.39 is 42.1 Å². The number of rotatable bonds is 8. The molecule has 0 saturated carbocycles. The highest BCUT2D eigenvalue weighted by atomic mass is 16.7. The molecule has 36 heavy (non-hydrogen) atoms. The van der Waals surface area contributed by atoms with Crippen LogP contribution in [0.1, 0.15) is 59.4 Å². The summed E-state index contributed by atoms with van der Waals surface area (Å²) in [5.74, 6) is -1.40. The van der Waals surface area contributed by atoms with Crippen LogP contribution in [0.2, 0.25) is 0 Å². The molecule has 2 aliphatic rings. The van der Waals surface area contributed by atoms with Crippen molar-refractivity contribution in [3.05, 3.63) is 35.9 Å². The third kappa shape index (κ3) is 7.43. The Morgan fingerprint density at radius 3 is 2.50 bits per heavy atom. The lowest BCUT2D eigenvalue weighted by Crippen LogP contribution is -2.57. The molecule has 1 aromatic carbocycles. The number of hydrogen-bond donors (Lipinski definition) is 2. The van der Waals surface area contributed by atoms with Gasteiger partial charge in [-0.15, -0.1) is 0 Å². The number of esters is 1. The fourth-order valence-electron chi connectivity index (χ4n) is 4.27. The van der Waals surface area contributed by atoms with Crippen molar-refractivity contribution >= 4 is 23.9 Å². The zero-order chi connectivity index (χ0) is 26.5. The zero-order valence-electron chi connectivity index (χ0n) is 21.6. The van der Waals surface area contributed by atoms with Crippen molar-refractivity contribution in [2.45, 2.75) is 90.5 Å². The Morgan fingerprint density at radius 2 is 1.86 bits per heavy atom. The molecule has 3 rings (SSSR count). The van der Waals surface area contributed by atoms with E-state index in [2.05, 4.69) is 10.6 Å². The van der Waals surface area contributed by atoms with Gasteiger partial charge in [-0.2, -0.15) is 0 Å². The summed E-state index contributed by atoms with van der Waals surface area (Å²) in [7, 11) is 0. The molecule has 2 fully saturated rings. The Labute approximate surface area is 212 Å². The predicted octanol–water partition coefficient (Wildman–Crippen LogP) is 2.50. The second-order valence-electron chi connectivity index (χ2n) is 10.5. The molecular weight excluding hydrogens is 466 g/mol. The minimum absolute atomic E-state index is 0.0132. The van der Waals surface area contributed by atoms with Gasteiger partial charge in [0.25, 0.3) is 0 Å². The summed E-state index contributed by atoms with van der Waals surface area (Å²) in [5, 5.41) is 5.51. The molecule has 0 spiro atoms. The maximum absolute atomic E-state index is 13.4. The van der Waals surface area contributed by atoms with Crippen LogP contribution in [0.4, 0.5) is 4.79 Å². The van der Waals surface area contributed by atoms with Crippen molar-refractivity contribution in [1.82, 2.24) is 15.5 Å². The number of likely N-dealkylation sites (tertiary alicyclic amines) is 1. The van der Waals surface area contributed by atoms with E-state index in [0.29, 0.717) is 19.4 Å². The summed E-state index contributed by atoms with van der Waals surface area (Å²) in [4.78, 5) is 52.4. The van der Waals surface area contributed by atoms with Gasteiger partial charge in [-0.25, -0.2) is 4.79 Å². The Bertz CT molecular complexity index is 945. The molecule has 2 heterocycles. The van der Waals surface area contributed by atoms with Crippen LogP contribution in [0, 0.1) is 5.92 Å². The van der Waals surface area contributed by atoms with Crippen LogP contribution in [0.25, 0.3) is 0 Å². The van der Waals surface area contributed by atoms with Gasteiger partial charge < -0.3 is 29.7 Å². The topological polar surface area (TPSA) is 123 Å². The number of carbonyl (C=O) groups excluding carboxylic acids is 4. The molecular formula is C26H37N3O7. The number of nitrogens with zero attached hydrogens (tertiary/aromatic N) is 1. The van der Waals surface area contributed by atoms with Gasteiger partial charge in [-0.1, -0.05) is 44.2 Å². The molecule has 10 nitrogen and oxygen atoms in total. The fraction of sp³-hybridized carbons (Fsp3) is 0.615. The Hall–Kier alpha value is -3.14. The van der Waals surface area contributed by atoms with Crippen molar-refractivity contribution in [3.8, 4) is 0 Å². The van der Waals surface area contributed by atoms with E-state index in [4.69, 9.17) is 14.2 Å². The summed E-state index contributed by atoms with van der Waals surface area (Å²) < 4.78 is 16.3. The van der Waals surface area contributed by atoms with Gasteiger partial charge in [0.2, 0.25) is 18.1 Å². The minimum atomic E-state index is -0.913. The van der Waals surface area contributed by atoms with E-state index >= 15 is 0 Å². The molecule has 10 heteroatoms. The number of cyclic esters (lactones) is 1. The number of ether oxygens (including phenoxy) is 3. The van der Waals surface area contributed by atoms with Crippen LogP contribution in [-0.4, -0.2) is 65.3 Å². The highest BCUT2D eigenvalue weighted by Gasteiger charge is 2.42. The summed E-state index contributed by atoms with van der Waals surface area (Å²) in [5.41, 5.74) is 0.209. The normalized spacial score (nSPS) is 22.8. The van der Waals surface area contributed by atoms with Crippen molar-refractivity contribution in [1.29, 1.82) is 0 Å². The number of nitrogens with one attached hydrogen (secondary N) is 2. The average Bonchev–Trinajstić information content (AvgIpc) is 3.41. The fourth-order valence-corrected chi connectivity index (χ4v) is 4.27. The third-order valence-electron chi connectivity index (χ3n) is 5.99. The van der Waals surface area contributed by atoms with E-state index in [-0.39, 0.29) is 30.8 Å². The molecule has 0 aliphatic carbocycles. The van der Waals surface area contributed by atoms with Gasteiger partial charge >= 0.3 is 12.1 Å². The van der Waals surface area contributed by atoms with E-state index in [1.165, 1.54) is 4.90 Å². The lowest BCUT2D eigenvalue weighted by Gasteiger charge is -2.31. The predicted molar refractivity (Wildman–Crippen MR) is 130 cm³/mol. The number of alkyl carbamates (subject to hydrolysis) is 1. The number of amides is 3. The van der Waals surface area contributed by atoms with E-state index in [1.54, 1.807) is 20.8 Å². The van der Waals surface area contributed by atoms with Gasteiger partial charge in [0.1, 0.15) is 23.7 Å². The van der Waals surface area contributed by atoms with Crippen LogP contribution in [-0.2, 0) is 35.2 Å². The van der Waals surface area contributed by atoms with Crippen LogP contribution in [0.15, 0.2) is 30.3 Å². The molecule has 1 aromatic rings. The van der Waals surface area contributed by atoms with Gasteiger partial charge in [0.05, 0.1) is 13.0 Å². The first-order valence-electron chi connectivity index (χ1n) is 12.4. The second-order valence-corrected chi connectivity index (χ2v) is 10.5. The Morgan fingerprint density at radius 1 is 1.17 bits per heavy atom. The molecule has 2 aliphatic heterocycles. The molecule has 2 saturated heterocycles. The third-order valence-corrected chi connectivity index (χ3v) is 5.99. The molecule has 3 unspecified atom stereocenters. The summed E-state index contributed by atoms with van der Waals surface area (Å²) in [6.07, 6.45) is -0.485. The number of benzene rings is 1. The second kappa shape index (κ2) is 11.7. The summed E-state index contributed by atoms with van der Waals surface area (Å²) in [6.45, 7) is 9.49. The molecule has 3 amide bonds. The molecule has 198 valence electrons. The standard InChI is InChI=1S/C26H37N3O7/c1-16(2)21(28-25(33)36-26(3,4)5)23(32)29-13-9-12-19(29)22(31)27-18-14-20(30)35-24(18)34-15-17-10-7-6-8-11-17/h6-8,10-11,16,18-19,21,24H,9,12-15H2,1-5H3,(H,27,31)(H,28,33)/t18?,19?,21-,24?/m0/s1. The quantitative estimate of drug-likeness (QED) is 0.523. The smallest absolute Gasteiger partial charge is 0.408 e. The van der Waals surface area contributed by atoms with Crippen LogP contribution >= 0.6 is 0 Å². The first-order chi connectivity index (χ1) is 16.9. The van der Waals surface area contributed by atoms with Crippen molar-refractivity contribution in [3.63, 3.8) is 0 Å². The van der Waals surface area contributed by atoms with Crippen molar-refractivity contribution in [2.24, 2.45) is 5.92 Å². The first kappa shape index (κ1) is 27.4. The van der Waals surface area contributed by atoms with Crippen LogP contribution in [0.5, 0.6) is 0 Å². The van der Waals surface area contributed by atoms with E-state index in [9.17, 15) is 19.2 Å². The van der Waals surface area contributed by atoms with Gasteiger partial charge in [0.15, 0.2) is 0 Å². The van der Waals surface area contributed by atoms with Crippen LogP contribution < -0.4 is 10.6 Å². The Balaban J connectivity index is 1.62. The lowest BCUT2D eigenvalue weighted by atomic mass is 10.0. The maximum atomic E-state index is 13.4. The molecule has 4 atom stereocenters. The van der Waals surface area contributed by atoms with E-state index in [1.807, 2.05) is 44.2 Å². The molecule has 2 N–H and O–H groups in total. The summed E-state index contributed by atoms with van der Waals surface area (Å²) in [6, 6.07) is 7.22. The number of hydrogen-bond acceptors (Lipinski definition) is 7. The van der Waals surface area contributed by atoms with Crippen molar-refractivity contribution < 1.29 is 33.4 Å². The van der Waals surface area contributed by atoms with E-state index in [0.717, 1.165) is 5.56 Å². The zero-order valence-corrected chi connectivity index (χ0v) is 21.6. The van der Waals surface area contributed by atoms with Gasteiger partial charge in [-0.05, 0) is 45.1 Å². The highest BCUT2D eigenvalue weighted by Crippen LogP contribution is 2.23. The molecule has 0 bridgehead atoms. The maximum Gasteiger partial charge on any atom is 0.408 e. The average molecular weight is 504 g/mol. The lowest BCUT2D eigenvalue weighted by molar-refractivity contribution is -0.168. The monoisotopic (exact) mass is 503 g/mol. The minimum Gasteiger partial charge on any atom is -0.444 e. The van der Waals surface area contributed by atoms with Crippen LogP contribution in [0.3, 0.4) is 0 Å².